The van der Waals surface area contributed by atoms with Crippen molar-refractivity contribution in [2.45, 2.75) is 39.7 Å². The van der Waals surface area contributed by atoms with Crippen molar-refractivity contribution in [2.24, 2.45) is 0 Å². The summed E-state index contributed by atoms with van der Waals surface area (Å²) >= 11 is 0. The number of pyridine rings is 2. The zero-order valence-corrected chi connectivity index (χ0v) is 19.5. The van der Waals surface area contributed by atoms with Gasteiger partial charge in [-0.15, -0.1) is 0 Å². The maximum Gasteiger partial charge on any atom is 0.274 e. The van der Waals surface area contributed by atoms with E-state index in [0.29, 0.717) is 23.6 Å². The molecule has 0 saturated heterocycles. The molecule has 5 aromatic rings. The minimum absolute atomic E-state index is 0.0425. The third-order valence-electron chi connectivity index (χ3n) is 5.80. The van der Waals surface area contributed by atoms with Gasteiger partial charge in [0.1, 0.15) is 17.2 Å². The first kappa shape index (κ1) is 21.8. The van der Waals surface area contributed by atoms with Gasteiger partial charge in [0.25, 0.3) is 5.91 Å². The molecule has 1 N–H and O–H groups in total. The summed E-state index contributed by atoms with van der Waals surface area (Å²) in [6, 6.07) is 14.4. The number of anilines is 1. The van der Waals surface area contributed by atoms with Gasteiger partial charge in [-0.1, -0.05) is 32.9 Å². The smallest absolute Gasteiger partial charge is 0.274 e. The minimum atomic E-state index is -0.402. The molecule has 0 aliphatic rings. The fourth-order valence-electron chi connectivity index (χ4n) is 4.09. The van der Waals surface area contributed by atoms with Gasteiger partial charge in [-0.05, 0) is 37.3 Å². The van der Waals surface area contributed by atoms with Crippen LogP contribution in [0.1, 0.15) is 48.3 Å². The highest BCUT2D eigenvalue weighted by Gasteiger charge is 2.19. The molecule has 1 amide bonds. The molecule has 7 nitrogen and oxygen atoms in total. The first-order valence-electron chi connectivity index (χ1n) is 11.1. The van der Waals surface area contributed by atoms with Crippen molar-refractivity contribution >= 4 is 28.1 Å². The number of hydrogen-bond donors (Lipinski definition) is 1. The van der Waals surface area contributed by atoms with Crippen molar-refractivity contribution in [1.29, 1.82) is 0 Å². The van der Waals surface area contributed by atoms with E-state index in [4.69, 9.17) is 10.1 Å². The molecule has 0 atom stereocenters. The van der Waals surface area contributed by atoms with Crippen LogP contribution >= 0.6 is 0 Å². The van der Waals surface area contributed by atoms with Crippen LogP contribution in [0.25, 0.3) is 16.6 Å². The van der Waals surface area contributed by atoms with Crippen LogP contribution in [-0.4, -0.2) is 30.1 Å². The number of halogens is 1. The van der Waals surface area contributed by atoms with Gasteiger partial charge < -0.3 is 5.32 Å². The summed E-state index contributed by atoms with van der Waals surface area (Å²) in [6.07, 6.45) is 2.93. The van der Waals surface area contributed by atoms with Crippen LogP contribution in [0.4, 0.5) is 10.1 Å². The van der Waals surface area contributed by atoms with Gasteiger partial charge in [0.2, 0.25) is 0 Å². The second-order valence-corrected chi connectivity index (χ2v) is 9.38. The van der Waals surface area contributed by atoms with Crippen molar-refractivity contribution < 1.29 is 9.18 Å². The van der Waals surface area contributed by atoms with Gasteiger partial charge in [-0.3, -0.25) is 18.9 Å². The maximum absolute atomic E-state index is 13.5. The molecule has 0 spiro atoms. The molecule has 5 rings (SSSR count). The van der Waals surface area contributed by atoms with Crippen LogP contribution in [-0.2, 0) is 12.0 Å². The molecule has 0 bridgehead atoms. The Morgan fingerprint density at radius 3 is 2.71 bits per heavy atom. The molecule has 0 fully saturated rings. The summed E-state index contributed by atoms with van der Waals surface area (Å²) in [5.41, 5.74) is 4.95. The molecule has 4 aromatic heterocycles. The molecule has 1 aromatic carbocycles. The number of nitrogens with one attached hydrogen (secondary N) is 1. The number of hydrogen-bond acceptors (Lipinski definition) is 4. The summed E-state index contributed by atoms with van der Waals surface area (Å²) in [5, 5.41) is 8.58. The molecular weight excluding hydrogens is 431 g/mol. The maximum atomic E-state index is 13.5. The predicted molar refractivity (Wildman–Crippen MR) is 130 cm³/mol. The van der Waals surface area contributed by atoms with Crippen LogP contribution in [0.3, 0.4) is 0 Å². The Morgan fingerprint density at radius 1 is 1.12 bits per heavy atom. The van der Waals surface area contributed by atoms with E-state index >= 15 is 0 Å². The lowest BCUT2D eigenvalue weighted by Crippen LogP contribution is -2.15. The number of benzene rings is 1. The van der Waals surface area contributed by atoms with Gasteiger partial charge in [-0.25, -0.2) is 9.37 Å². The topological polar surface area (TPSA) is 77.1 Å². The Bertz CT molecular complexity index is 1540. The molecular formula is C26H25FN6O. The number of amides is 1. The number of imidazole rings is 1. The molecule has 0 radical (unpaired) electrons. The van der Waals surface area contributed by atoms with Gasteiger partial charge in [0, 0.05) is 28.8 Å². The lowest BCUT2D eigenvalue weighted by Gasteiger charge is -2.18. The largest absolute Gasteiger partial charge is 0.320 e. The van der Waals surface area contributed by atoms with Crippen LogP contribution in [0.2, 0.25) is 0 Å². The normalized spacial score (nSPS) is 11.9. The lowest BCUT2D eigenvalue weighted by atomic mass is 9.91. The standard InChI is InChI=1S/C26H25FN6O/c1-16-24-19(30-25(34)21-14-28-23-13-17(27)11-12-32(21)23)8-6-9-20(24)33(31-16)15-18-7-5-10-22(29-18)26(2,3)4/h5-14H,15H2,1-4H3,(H,30,34). The van der Waals surface area contributed by atoms with Crippen LogP contribution in [0.15, 0.2) is 60.9 Å². The van der Waals surface area contributed by atoms with E-state index in [2.05, 4.69) is 31.1 Å². The summed E-state index contributed by atoms with van der Waals surface area (Å²) in [6.45, 7) is 8.86. The molecule has 0 unspecified atom stereocenters. The zero-order chi connectivity index (χ0) is 24.0. The molecule has 0 saturated carbocycles. The number of carbonyl (C=O) groups is 1. The number of nitrogens with zero attached hydrogens (tertiary/aromatic N) is 5. The number of carbonyl (C=O) groups excluding carboxylic acids is 1. The van der Waals surface area contributed by atoms with Crippen molar-refractivity contribution in [1.82, 2.24) is 24.1 Å². The number of fused-ring (bicyclic) bond motifs is 2. The average Bonchev–Trinajstić information content (AvgIpc) is 3.34. The fraction of sp³-hybridized carbons (Fsp3) is 0.231. The van der Waals surface area contributed by atoms with Crippen LogP contribution in [0, 0.1) is 12.7 Å². The van der Waals surface area contributed by atoms with Crippen molar-refractivity contribution in [2.75, 3.05) is 5.32 Å². The summed E-state index contributed by atoms with van der Waals surface area (Å²) in [7, 11) is 0. The van der Waals surface area contributed by atoms with Crippen LogP contribution < -0.4 is 5.32 Å². The Hall–Kier alpha value is -4.07. The molecule has 0 aliphatic carbocycles. The Labute approximate surface area is 196 Å². The van der Waals surface area contributed by atoms with E-state index < -0.39 is 5.82 Å². The van der Waals surface area contributed by atoms with Gasteiger partial charge in [-0.2, -0.15) is 5.10 Å². The Morgan fingerprint density at radius 2 is 1.91 bits per heavy atom. The van der Waals surface area contributed by atoms with E-state index in [1.54, 1.807) is 4.40 Å². The van der Waals surface area contributed by atoms with Crippen molar-refractivity contribution in [3.63, 3.8) is 0 Å². The van der Waals surface area contributed by atoms with E-state index in [0.717, 1.165) is 28.0 Å². The summed E-state index contributed by atoms with van der Waals surface area (Å²) in [5.74, 6) is -0.737. The van der Waals surface area contributed by atoms with Gasteiger partial charge in [0.15, 0.2) is 0 Å². The van der Waals surface area contributed by atoms with Crippen molar-refractivity contribution in [3.05, 3.63) is 89.5 Å². The number of aromatic nitrogens is 5. The second-order valence-electron chi connectivity index (χ2n) is 9.38. The lowest BCUT2D eigenvalue weighted by molar-refractivity contribution is 0.102. The van der Waals surface area contributed by atoms with E-state index in [1.807, 2.05) is 48.0 Å². The van der Waals surface area contributed by atoms with Gasteiger partial charge >= 0.3 is 0 Å². The summed E-state index contributed by atoms with van der Waals surface area (Å²) < 4.78 is 17.0. The number of aryl methyl sites for hydroxylation is 1. The van der Waals surface area contributed by atoms with Crippen LogP contribution in [0.5, 0.6) is 0 Å². The summed E-state index contributed by atoms with van der Waals surface area (Å²) in [4.78, 5) is 22.0. The van der Waals surface area contributed by atoms with E-state index in [-0.39, 0.29) is 11.3 Å². The quantitative estimate of drug-likeness (QED) is 0.407. The fourth-order valence-corrected chi connectivity index (χ4v) is 4.09. The Balaban J connectivity index is 1.48. The highest BCUT2D eigenvalue weighted by Crippen LogP contribution is 2.28. The molecule has 8 heteroatoms. The average molecular weight is 457 g/mol. The highest BCUT2D eigenvalue weighted by atomic mass is 19.1. The zero-order valence-electron chi connectivity index (χ0n) is 19.5. The molecule has 0 aliphatic heterocycles. The molecule has 172 valence electrons. The third-order valence-corrected chi connectivity index (χ3v) is 5.80. The first-order valence-corrected chi connectivity index (χ1v) is 11.1. The van der Waals surface area contributed by atoms with Gasteiger partial charge in [0.05, 0.1) is 35.3 Å². The molecule has 4 heterocycles. The number of rotatable bonds is 4. The minimum Gasteiger partial charge on any atom is -0.320 e. The Kier molecular flexibility index (Phi) is 5.16. The van der Waals surface area contributed by atoms with E-state index in [9.17, 15) is 9.18 Å². The monoisotopic (exact) mass is 456 g/mol. The first-order chi connectivity index (χ1) is 16.2. The van der Waals surface area contributed by atoms with Crippen molar-refractivity contribution in [3.8, 4) is 0 Å². The SMILES string of the molecule is Cc1nn(Cc2cccc(C(C)(C)C)n2)c2cccc(NC(=O)c3cnc4cc(F)ccn34)c12. The third kappa shape index (κ3) is 3.91. The highest BCUT2D eigenvalue weighted by molar-refractivity contribution is 6.08. The molecule has 34 heavy (non-hydrogen) atoms. The van der Waals surface area contributed by atoms with E-state index in [1.165, 1.54) is 24.5 Å². The second kappa shape index (κ2) is 8.06. The predicted octanol–water partition coefficient (Wildman–Crippen LogP) is 5.12.